The highest BCUT2D eigenvalue weighted by atomic mass is 32.1. The van der Waals surface area contributed by atoms with Gasteiger partial charge in [-0.05, 0) is 62.3 Å². The second-order valence-corrected chi connectivity index (χ2v) is 11.2. The molecule has 2 aromatic carbocycles. The van der Waals surface area contributed by atoms with Gasteiger partial charge in [-0.1, -0.05) is 30.3 Å². The number of rotatable bonds is 6. The number of ether oxygens (including phenoxy) is 1. The van der Waals surface area contributed by atoms with Gasteiger partial charge in [0.25, 0.3) is 11.6 Å². The first-order valence-electron chi connectivity index (χ1n) is 13.3. The van der Waals surface area contributed by atoms with Gasteiger partial charge in [0.1, 0.15) is 10.9 Å². The van der Waals surface area contributed by atoms with Crippen molar-refractivity contribution < 1.29 is 28.9 Å². The number of carbonyl (C=O) groups excluding carboxylic acids is 3. The molecule has 0 radical (unpaired) electrons. The van der Waals surface area contributed by atoms with Gasteiger partial charge in [0.05, 0.1) is 28.8 Å². The lowest BCUT2D eigenvalue weighted by Crippen LogP contribution is -2.38. The Labute approximate surface area is 234 Å². The van der Waals surface area contributed by atoms with Crippen molar-refractivity contribution in [3.8, 4) is 0 Å². The minimum atomic E-state index is -1.12. The minimum Gasteiger partial charge on any atom is -0.462 e. The van der Waals surface area contributed by atoms with E-state index in [1.807, 2.05) is 31.2 Å². The molecule has 0 N–H and O–H groups in total. The maximum absolute atomic E-state index is 14.2. The van der Waals surface area contributed by atoms with E-state index in [4.69, 9.17) is 9.57 Å². The predicted molar refractivity (Wildman–Crippen MR) is 147 cm³/mol. The van der Waals surface area contributed by atoms with Crippen LogP contribution in [-0.4, -0.2) is 35.4 Å². The van der Waals surface area contributed by atoms with Gasteiger partial charge >= 0.3 is 5.97 Å². The number of nitrogens with zero attached hydrogens (tertiary/aromatic N) is 3. The third-order valence-corrected chi connectivity index (χ3v) is 9.03. The third-order valence-electron chi connectivity index (χ3n) is 7.75. The molecule has 1 aromatic heterocycles. The molecule has 2 fully saturated rings. The van der Waals surface area contributed by atoms with Crippen LogP contribution in [0.2, 0.25) is 0 Å². The molecule has 2 amide bonds. The smallest absolute Gasteiger partial charge is 0.341 e. The van der Waals surface area contributed by atoms with Crippen LogP contribution in [-0.2, 0) is 32.0 Å². The van der Waals surface area contributed by atoms with Crippen LogP contribution in [0.5, 0.6) is 0 Å². The Morgan fingerprint density at radius 3 is 2.52 bits per heavy atom. The summed E-state index contributed by atoms with van der Waals surface area (Å²) in [4.78, 5) is 60.4. The van der Waals surface area contributed by atoms with E-state index in [0.717, 1.165) is 40.2 Å². The number of imide groups is 1. The number of thiophene rings is 1. The number of esters is 1. The summed E-state index contributed by atoms with van der Waals surface area (Å²) in [5.74, 6) is -2.48. The predicted octanol–water partition coefficient (Wildman–Crippen LogP) is 5.07. The van der Waals surface area contributed by atoms with Gasteiger partial charge in [-0.25, -0.2) is 14.8 Å². The van der Waals surface area contributed by atoms with Gasteiger partial charge in [-0.2, -0.15) is 0 Å². The Morgan fingerprint density at radius 1 is 1.10 bits per heavy atom. The van der Waals surface area contributed by atoms with Gasteiger partial charge < -0.3 is 4.74 Å². The van der Waals surface area contributed by atoms with Crippen molar-refractivity contribution in [1.29, 1.82) is 0 Å². The van der Waals surface area contributed by atoms with E-state index in [0.29, 0.717) is 28.2 Å². The van der Waals surface area contributed by atoms with Gasteiger partial charge in [0.15, 0.2) is 6.10 Å². The van der Waals surface area contributed by atoms with Gasteiger partial charge in [-0.3, -0.25) is 24.5 Å². The Morgan fingerprint density at radius 2 is 1.82 bits per heavy atom. The highest BCUT2D eigenvalue weighted by Gasteiger charge is 2.61. The molecule has 40 heavy (non-hydrogen) atoms. The number of para-hydroxylation sites is 1. The highest BCUT2D eigenvalue weighted by molar-refractivity contribution is 7.17. The molecule has 2 saturated heterocycles. The maximum Gasteiger partial charge on any atom is 0.341 e. The summed E-state index contributed by atoms with van der Waals surface area (Å²) >= 11 is 1.30. The number of carbonyl (C=O) groups is 3. The molecule has 0 spiro atoms. The summed E-state index contributed by atoms with van der Waals surface area (Å²) in [6.07, 6.45) is 2.23. The Kier molecular flexibility index (Phi) is 6.63. The Hall–Kier alpha value is -4.09. The number of aryl methyl sites for hydroxylation is 2. The van der Waals surface area contributed by atoms with E-state index >= 15 is 0 Å². The van der Waals surface area contributed by atoms with Crippen molar-refractivity contribution in [2.75, 3.05) is 16.6 Å². The van der Waals surface area contributed by atoms with Crippen molar-refractivity contribution >= 4 is 45.5 Å². The molecule has 2 aliphatic heterocycles. The number of hydrogen-bond acceptors (Lipinski definition) is 9. The normalized spacial score (nSPS) is 21.9. The molecule has 10 nitrogen and oxygen atoms in total. The number of non-ortho nitro benzene ring substituents is 1. The van der Waals surface area contributed by atoms with Gasteiger partial charge in [0, 0.05) is 17.0 Å². The van der Waals surface area contributed by atoms with E-state index in [1.54, 1.807) is 24.1 Å². The SMILES string of the molecule is CCOC(=O)c1c(N2C(=O)[C@H]3[C@@H](ON(c4ccccc4C)[C@H]3c3ccc([N+](=O)[O-])cc3)C2=O)sc2c1CCCC2. The van der Waals surface area contributed by atoms with E-state index in [9.17, 15) is 24.5 Å². The molecule has 3 aliphatic rings. The number of benzene rings is 2. The average molecular weight is 562 g/mol. The van der Waals surface area contributed by atoms with Gasteiger partial charge in [-0.15, -0.1) is 11.3 Å². The molecule has 6 rings (SSSR count). The van der Waals surface area contributed by atoms with Crippen molar-refractivity contribution in [1.82, 2.24) is 0 Å². The molecular weight excluding hydrogens is 534 g/mol. The second kappa shape index (κ2) is 10.1. The van der Waals surface area contributed by atoms with Crippen LogP contribution in [0.1, 0.15) is 57.7 Å². The summed E-state index contributed by atoms with van der Waals surface area (Å²) < 4.78 is 5.35. The first kappa shape index (κ1) is 26.1. The second-order valence-electron chi connectivity index (χ2n) is 10.1. The summed E-state index contributed by atoms with van der Waals surface area (Å²) in [7, 11) is 0. The molecule has 206 valence electrons. The average Bonchev–Trinajstić information content (AvgIpc) is 3.59. The van der Waals surface area contributed by atoms with Crippen LogP contribution in [0.3, 0.4) is 0 Å². The topological polar surface area (TPSA) is 119 Å². The zero-order valence-electron chi connectivity index (χ0n) is 22.0. The van der Waals surface area contributed by atoms with Crippen molar-refractivity contribution in [2.45, 2.75) is 51.7 Å². The van der Waals surface area contributed by atoms with Gasteiger partial charge in [0.2, 0.25) is 5.91 Å². The summed E-state index contributed by atoms with van der Waals surface area (Å²) in [6, 6.07) is 12.7. The number of nitro benzene ring substituents is 1. The number of fused-ring (bicyclic) bond motifs is 2. The molecule has 0 unspecified atom stereocenters. The Bertz CT molecular complexity index is 1530. The number of anilines is 2. The third kappa shape index (κ3) is 4.08. The summed E-state index contributed by atoms with van der Waals surface area (Å²) in [5, 5.41) is 13.2. The lowest BCUT2D eigenvalue weighted by atomic mass is 9.90. The van der Waals surface area contributed by atoms with Crippen molar-refractivity contribution in [3.63, 3.8) is 0 Å². The van der Waals surface area contributed by atoms with E-state index in [-0.39, 0.29) is 12.3 Å². The fraction of sp³-hybridized carbons (Fsp3) is 0.345. The largest absolute Gasteiger partial charge is 0.462 e. The van der Waals surface area contributed by atoms with Crippen molar-refractivity contribution in [2.24, 2.45) is 5.92 Å². The van der Waals surface area contributed by atoms with Crippen LogP contribution in [0.15, 0.2) is 48.5 Å². The highest BCUT2D eigenvalue weighted by Crippen LogP contribution is 2.51. The first-order chi connectivity index (χ1) is 19.3. The standard InChI is InChI=1S/C29H27N3O7S/c1-3-38-29(35)22-19-9-5-7-11-21(19)40-28(22)30-26(33)23-24(17-12-14-18(15-13-17)32(36)37)31(39-25(23)27(30)34)20-10-6-4-8-16(20)2/h4,6,8,10,12-15,23-25H,3,5,7,9,11H2,1-2H3/t23-,24+,25-/m1/s1. The molecule has 3 atom stereocenters. The number of hydroxylamine groups is 1. The molecular formula is C29H27N3O7S. The monoisotopic (exact) mass is 561 g/mol. The van der Waals surface area contributed by atoms with E-state index in [1.165, 1.54) is 23.5 Å². The first-order valence-corrected chi connectivity index (χ1v) is 14.1. The number of hydrogen-bond donors (Lipinski definition) is 0. The van der Waals surface area contributed by atoms with Crippen LogP contribution in [0, 0.1) is 23.0 Å². The van der Waals surface area contributed by atoms with E-state index < -0.39 is 40.8 Å². The van der Waals surface area contributed by atoms with Crippen LogP contribution < -0.4 is 9.96 Å². The quantitative estimate of drug-likeness (QED) is 0.177. The molecule has 3 aromatic rings. The lowest BCUT2D eigenvalue weighted by molar-refractivity contribution is -0.384. The molecule has 3 heterocycles. The van der Waals surface area contributed by atoms with E-state index in [2.05, 4.69) is 0 Å². The lowest BCUT2D eigenvalue weighted by Gasteiger charge is -2.29. The van der Waals surface area contributed by atoms with Crippen molar-refractivity contribution in [3.05, 3.63) is 85.8 Å². The van der Waals surface area contributed by atoms with Crippen LogP contribution in [0.25, 0.3) is 0 Å². The summed E-state index contributed by atoms with van der Waals surface area (Å²) in [5.41, 5.74) is 3.23. The number of amides is 2. The maximum atomic E-state index is 14.2. The zero-order chi connectivity index (χ0) is 28.1. The fourth-order valence-corrected chi connectivity index (χ4v) is 7.28. The number of nitro groups is 1. The molecule has 1 aliphatic carbocycles. The molecule has 11 heteroatoms. The molecule has 0 saturated carbocycles. The summed E-state index contributed by atoms with van der Waals surface area (Å²) in [6.45, 7) is 3.79. The molecule has 0 bridgehead atoms. The zero-order valence-corrected chi connectivity index (χ0v) is 22.8. The minimum absolute atomic E-state index is 0.0830. The fourth-order valence-electron chi connectivity index (χ4n) is 5.89. The van der Waals surface area contributed by atoms with Crippen LogP contribution >= 0.6 is 11.3 Å². The Balaban J connectivity index is 1.45. The van der Waals surface area contributed by atoms with Crippen LogP contribution in [0.4, 0.5) is 16.4 Å².